The zero-order chi connectivity index (χ0) is 14.4. The molecule has 1 heterocycles. The lowest BCUT2D eigenvalue weighted by molar-refractivity contribution is -0.115. The van der Waals surface area contributed by atoms with Crippen LogP contribution in [0.25, 0.3) is 0 Å². The van der Waals surface area contributed by atoms with Crippen LogP contribution in [0.15, 0.2) is 24.3 Å². The van der Waals surface area contributed by atoms with Gasteiger partial charge in [-0.25, -0.2) is 0 Å². The van der Waals surface area contributed by atoms with Gasteiger partial charge < -0.3 is 15.4 Å². The third-order valence-electron chi connectivity index (χ3n) is 3.74. The average molecular weight is 276 g/mol. The molecule has 0 aliphatic carbocycles. The summed E-state index contributed by atoms with van der Waals surface area (Å²) in [6, 6.07) is 7.83. The van der Waals surface area contributed by atoms with Gasteiger partial charge in [-0.3, -0.25) is 4.79 Å². The summed E-state index contributed by atoms with van der Waals surface area (Å²) in [6.07, 6.45) is 2.48. The van der Waals surface area contributed by atoms with Gasteiger partial charge in [0.15, 0.2) is 0 Å². The Morgan fingerprint density at radius 2 is 2.30 bits per heavy atom. The van der Waals surface area contributed by atoms with E-state index in [2.05, 4.69) is 17.6 Å². The first kappa shape index (κ1) is 15.0. The molecule has 0 bridgehead atoms. The molecule has 2 unspecified atom stereocenters. The molecule has 4 heteroatoms. The topological polar surface area (TPSA) is 50.4 Å². The first-order valence-electron chi connectivity index (χ1n) is 7.38. The molecule has 0 radical (unpaired) electrons. The Morgan fingerprint density at radius 3 is 3.05 bits per heavy atom. The van der Waals surface area contributed by atoms with E-state index < -0.39 is 0 Å². The van der Waals surface area contributed by atoms with Crippen molar-refractivity contribution in [1.82, 2.24) is 5.32 Å². The highest BCUT2D eigenvalue weighted by Crippen LogP contribution is 2.22. The lowest BCUT2D eigenvalue weighted by Crippen LogP contribution is -2.34. The number of carbonyl (C=O) groups excluding carboxylic acids is 1. The van der Waals surface area contributed by atoms with Gasteiger partial charge in [0, 0.05) is 18.8 Å². The molecule has 2 atom stereocenters. The number of hydrogen-bond acceptors (Lipinski definition) is 3. The van der Waals surface area contributed by atoms with Crippen molar-refractivity contribution in [1.29, 1.82) is 0 Å². The minimum Gasteiger partial charge on any atom is -0.378 e. The summed E-state index contributed by atoms with van der Waals surface area (Å²) in [5.74, 6) is 0.536. The van der Waals surface area contributed by atoms with Crippen molar-refractivity contribution in [2.24, 2.45) is 5.92 Å². The quantitative estimate of drug-likeness (QED) is 0.838. The van der Waals surface area contributed by atoms with Crippen LogP contribution in [0.3, 0.4) is 0 Å². The second kappa shape index (κ2) is 7.41. The lowest BCUT2D eigenvalue weighted by Gasteiger charge is -2.17. The molecule has 4 nitrogen and oxygen atoms in total. The maximum atomic E-state index is 11.8. The van der Waals surface area contributed by atoms with Gasteiger partial charge >= 0.3 is 0 Å². The van der Waals surface area contributed by atoms with Crippen LogP contribution < -0.4 is 10.6 Å². The third kappa shape index (κ3) is 4.32. The van der Waals surface area contributed by atoms with Crippen LogP contribution >= 0.6 is 0 Å². The maximum Gasteiger partial charge on any atom is 0.238 e. The summed E-state index contributed by atoms with van der Waals surface area (Å²) in [6.45, 7) is 6.20. The highest BCUT2D eigenvalue weighted by molar-refractivity contribution is 5.92. The number of carbonyl (C=O) groups is 1. The molecule has 0 spiro atoms. The van der Waals surface area contributed by atoms with Gasteiger partial charge in [0.2, 0.25) is 5.91 Å². The average Bonchev–Trinajstić information content (AvgIpc) is 2.86. The second-order valence-corrected chi connectivity index (χ2v) is 5.41. The molecular formula is C16H24N2O2. The number of aryl methyl sites for hydroxylation is 1. The van der Waals surface area contributed by atoms with Gasteiger partial charge in [-0.15, -0.1) is 0 Å². The lowest BCUT2D eigenvalue weighted by atomic mass is 10.00. The number of benzene rings is 1. The summed E-state index contributed by atoms with van der Waals surface area (Å²) in [5, 5.41) is 6.13. The summed E-state index contributed by atoms with van der Waals surface area (Å²) in [7, 11) is 0. The molecule has 1 aromatic carbocycles. The van der Waals surface area contributed by atoms with Gasteiger partial charge in [0.05, 0.1) is 12.6 Å². The van der Waals surface area contributed by atoms with E-state index in [1.54, 1.807) is 0 Å². The summed E-state index contributed by atoms with van der Waals surface area (Å²) in [4.78, 5) is 11.8. The fourth-order valence-electron chi connectivity index (χ4n) is 2.68. The van der Waals surface area contributed by atoms with E-state index in [-0.39, 0.29) is 5.91 Å². The van der Waals surface area contributed by atoms with Gasteiger partial charge in [0.1, 0.15) is 0 Å². The van der Waals surface area contributed by atoms with Crippen molar-refractivity contribution in [3.63, 3.8) is 0 Å². The Balaban J connectivity index is 1.70. The summed E-state index contributed by atoms with van der Waals surface area (Å²) < 4.78 is 5.64. The van der Waals surface area contributed by atoms with Gasteiger partial charge in [-0.1, -0.05) is 19.1 Å². The standard InChI is InChI=1S/C16H24N2O2/c1-3-15-13(7-8-20-15)10-17-11-16(19)18-14-6-4-5-12(2)9-14/h4-6,9,13,15,17H,3,7-8,10-11H2,1-2H3,(H,18,19). The zero-order valence-electron chi connectivity index (χ0n) is 12.3. The molecule has 1 saturated heterocycles. The Kier molecular flexibility index (Phi) is 5.56. The van der Waals surface area contributed by atoms with Gasteiger partial charge in [0.25, 0.3) is 0 Å². The minimum absolute atomic E-state index is 0.00237. The van der Waals surface area contributed by atoms with E-state index in [4.69, 9.17) is 4.74 Å². The Hall–Kier alpha value is -1.39. The van der Waals surface area contributed by atoms with Gasteiger partial charge in [-0.2, -0.15) is 0 Å². The fraction of sp³-hybridized carbons (Fsp3) is 0.562. The van der Waals surface area contributed by atoms with Crippen LogP contribution in [0.5, 0.6) is 0 Å². The number of anilines is 1. The van der Waals surface area contributed by atoms with Crippen molar-refractivity contribution in [2.45, 2.75) is 32.8 Å². The predicted molar refractivity (Wildman–Crippen MR) is 80.8 cm³/mol. The molecule has 110 valence electrons. The smallest absolute Gasteiger partial charge is 0.238 e. The first-order valence-corrected chi connectivity index (χ1v) is 7.38. The predicted octanol–water partition coefficient (Wildman–Crippen LogP) is 2.34. The fourth-order valence-corrected chi connectivity index (χ4v) is 2.68. The number of nitrogens with one attached hydrogen (secondary N) is 2. The van der Waals surface area contributed by atoms with E-state index in [1.165, 1.54) is 0 Å². The maximum absolute atomic E-state index is 11.8. The molecule has 1 amide bonds. The van der Waals surface area contributed by atoms with E-state index in [0.29, 0.717) is 18.6 Å². The van der Waals surface area contributed by atoms with Crippen LogP contribution in [0.1, 0.15) is 25.3 Å². The second-order valence-electron chi connectivity index (χ2n) is 5.41. The molecule has 1 fully saturated rings. The molecule has 2 N–H and O–H groups in total. The van der Waals surface area contributed by atoms with Crippen molar-refractivity contribution >= 4 is 11.6 Å². The van der Waals surface area contributed by atoms with Crippen LogP contribution in [0.4, 0.5) is 5.69 Å². The van der Waals surface area contributed by atoms with Gasteiger partial charge in [-0.05, 0) is 43.4 Å². The summed E-state index contributed by atoms with van der Waals surface area (Å²) >= 11 is 0. The normalized spacial score (nSPS) is 21.9. The van der Waals surface area contributed by atoms with Crippen LogP contribution in [0.2, 0.25) is 0 Å². The third-order valence-corrected chi connectivity index (χ3v) is 3.74. The molecule has 1 aliphatic rings. The molecule has 2 rings (SSSR count). The highest BCUT2D eigenvalue weighted by Gasteiger charge is 2.26. The molecule has 20 heavy (non-hydrogen) atoms. The van der Waals surface area contributed by atoms with Crippen molar-refractivity contribution in [3.05, 3.63) is 29.8 Å². The molecular weight excluding hydrogens is 252 g/mol. The zero-order valence-corrected chi connectivity index (χ0v) is 12.3. The summed E-state index contributed by atoms with van der Waals surface area (Å²) in [5.41, 5.74) is 2.00. The van der Waals surface area contributed by atoms with Crippen molar-refractivity contribution < 1.29 is 9.53 Å². The molecule has 0 aromatic heterocycles. The molecule has 1 aliphatic heterocycles. The molecule has 0 saturated carbocycles. The van der Waals surface area contributed by atoms with Crippen molar-refractivity contribution in [2.75, 3.05) is 25.0 Å². The Morgan fingerprint density at radius 1 is 1.45 bits per heavy atom. The molecule has 1 aromatic rings. The monoisotopic (exact) mass is 276 g/mol. The number of rotatable bonds is 6. The van der Waals surface area contributed by atoms with E-state index >= 15 is 0 Å². The minimum atomic E-state index is 0.00237. The Labute approximate surface area is 120 Å². The van der Waals surface area contributed by atoms with E-state index in [1.807, 2.05) is 31.2 Å². The number of ether oxygens (including phenoxy) is 1. The largest absolute Gasteiger partial charge is 0.378 e. The number of amides is 1. The van der Waals surface area contributed by atoms with E-state index in [9.17, 15) is 4.79 Å². The Bertz CT molecular complexity index is 448. The van der Waals surface area contributed by atoms with E-state index in [0.717, 1.165) is 37.2 Å². The van der Waals surface area contributed by atoms with Crippen LogP contribution in [-0.2, 0) is 9.53 Å². The highest BCUT2D eigenvalue weighted by atomic mass is 16.5. The SMILES string of the molecule is CCC1OCCC1CNCC(=O)Nc1cccc(C)c1. The van der Waals surface area contributed by atoms with Crippen LogP contribution in [0, 0.1) is 12.8 Å². The number of hydrogen-bond donors (Lipinski definition) is 2. The van der Waals surface area contributed by atoms with Crippen molar-refractivity contribution in [3.8, 4) is 0 Å². The van der Waals surface area contributed by atoms with Crippen LogP contribution in [-0.4, -0.2) is 31.7 Å². The first-order chi connectivity index (χ1) is 9.69.